The zero-order valence-corrected chi connectivity index (χ0v) is 26.1. The van der Waals surface area contributed by atoms with Gasteiger partial charge in [0.05, 0.1) is 28.4 Å². The van der Waals surface area contributed by atoms with Crippen LogP contribution in [0.25, 0.3) is 11.1 Å². The van der Waals surface area contributed by atoms with Crippen LogP contribution in [-0.2, 0) is 25.2 Å². The second-order valence-corrected chi connectivity index (χ2v) is 12.9. The number of ketones is 1. The lowest BCUT2D eigenvalue weighted by atomic mass is 9.59. The van der Waals surface area contributed by atoms with Gasteiger partial charge in [-0.25, -0.2) is 4.90 Å². The second-order valence-electron chi connectivity index (χ2n) is 12.1. The average Bonchev–Trinajstić information content (AvgIpc) is 3.59. The van der Waals surface area contributed by atoms with Gasteiger partial charge in [-0.3, -0.25) is 14.4 Å². The number of imide groups is 1. The lowest BCUT2D eigenvalue weighted by Crippen LogP contribution is -2.45. The number of allylic oxidation sites excluding steroid dienone is 2. The summed E-state index contributed by atoms with van der Waals surface area (Å²) >= 11 is 3.60. The summed E-state index contributed by atoms with van der Waals surface area (Å²) in [6.45, 7) is 1.96. The van der Waals surface area contributed by atoms with Gasteiger partial charge in [0.2, 0.25) is 11.8 Å². The molecular weight excluding hydrogens is 622 g/mol. The molecule has 2 aliphatic carbocycles. The highest BCUT2D eigenvalue weighted by Gasteiger charge is 2.82. The Hall–Kier alpha value is -4.87. The molecule has 2 fully saturated rings. The Morgan fingerprint density at radius 3 is 1.36 bits per heavy atom. The van der Waals surface area contributed by atoms with Gasteiger partial charge in [-0.2, -0.15) is 0 Å². The number of rotatable bonds is 5. The van der Waals surface area contributed by atoms with Gasteiger partial charge < -0.3 is 0 Å². The molecule has 4 atom stereocenters. The number of halogens is 1. The number of carbonyl (C=O) groups excluding carboxylic acids is 3. The van der Waals surface area contributed by atoms with Crippen molar-refractivity contribution in [3.05, 3.63) is 172 Å². The van der Waals surface area contributed by atoms with E-state index in [1.54, 1.807) is 0 Å². The molecule has 1 aliphatic heterocycles. The molecule has 5 aromatic carbocycles. The first-order chi connectivity index (χ1) is 21.9. The Bertz CT molecular complexity index is 1920. The van der Waals surface area contributed by atoms with E-state index in [2.05, 4.69) is 15.9 Å². The average molecular weight is 651 g/mol. The molecule has 2 amide bonds. The maximum Gasteiger partial charge on any atom is 0.239 e. The van der Waals surface area contributed by atoms with Crippen molar-refractivity contribution in [2.75, 3.05) is 4.90 Å². The number of hydrogen-bond acceptors (Lipinski definition) is 3. The molecule has 0 unspecified atom stereocenters. The molecule has 8 rings (SSSR count). The van der Waals surface area contributed by atoms with Crippen molar-refractivity contribution >= 4 is 50.4 Å². The van der Waals surface area contributed by atoms with Crippen LogP contribution in [-0.4, -0.2) is 17.6 Å². The monoisotopic (exact) mass is 649 g/mol. The topological polar surface area (TPSA) is 54.5 Å². The third kappa shape index (κ3) is 3.50. The molecule has 5 heteroatoms. The maximum atomic E-state index is 15.9. The highest BCUT2D eigenvalue weighted by Crippen LogP contribution is 2.74. The van der Waals surface area contributed by atoms with Crippen LogP contribution in [0, 0.1) is 18.8 Å². The van der Waals surface area contributed by atoms with Crippen molar-refractivity contribution in [1.82, 2.24) is 0 Å². The summed E-state index contributed by atoms with van der Waals surface area (Å²) in [6.07, 6.45) is 0. The van der Waals surface area contributed by atoms with Crippen LogP contribution >= 0.6 is 15.9 Å². The molecule has 0 spiro atoms. The van der Waals surface area contributed by atoms with Gasteiger partial charge in [0.15, 0.2) is 5.78 Å². The van der Waals surface area contributed by atoms with Crippen molar-refractivity contribution in [2.45, 2.75) is 17.8 Å². The highest BCUT2D eigenvalue weighted by atomic mass is 79.9. The normalized spacial score (nSPS) is 25.3. The van der Waals surface area contributed by atoms with Gasteiger partial charge in [0.25, 0.3) is 0 Å². The summed E-state index contributed by atoms with van der Waals surface area (Å²) in [5.41, 5.74) is 3.44. The maximum absolute atomic E-state index is 15.9. The van der Waals surface area contributed by atoms with Crippen molar-refractivity contribution in [3.63, 3.8) is 0 Å². The molecular formula is C40H28BrNO3. The van der Waals surface area contributed by atoms with Crippen LogP contribution in [0.3, 0.4) is 0 Å². The number of benzene rings is 5. The Kier molecular flexibility index (Phi) is 6.20. The molecule has 1 saturated heterocycles. The van der Waals surface area contributed by atoms with Gasteiger partial charge in [0, 0.05) is 4.47 Å². The summed E-state index contributed by atoms with van der Waals surface area (Å²) in [4.78, 5) is 47.2. The molecule has 4 nitrogen and oxygen atoms in total. The third-order valence-corrected chi connectivity index (χ3v) is 10.8. The van der Waals surface area contributed by atoms with E-state index in [4.69, 9.17) is 0 Å². The van der Waals surface area contributed by atoms with Gasteiger partial charge in [-0.15, -0.1) is 0 Å². The van der Waals surface area contributed by atoms with Crippen LogP contribution in [0.4, 0.5) is 5.69 Å². The fraction of sp³-hybridized carbons (Fsp3) is 0.125. The van der Waals surface area contributed by atoms with Crippen molar-refractivity contribution in [3.8, 4) is 0 Å². The molecule has 0 N–H and O–H groups in total. The number of nitrogens with zero attached hydrogens (tertiary/aromatic N) is 1. The molecule has 45 heavy (non-hydrogen) atoms. The van der Waals surface area contributed by atoms with Crippen LogP contribution in [0.1, 0.15) is 27.8 Å². The number of fused-ring (bicyclic) bond motifs is 5. The molecule has 0 aromatic heterocycles. The van der Waals surface area contributed by atoms with Crippen molar-refractivity contribution in [2.24, 2.45) is 11.8 Å². The predicted molar refractivity (Wildman–Crippen MR) is 179 cm³/mol. The Morgan fingerprint density at radius 2 is 0.956 bits per heavy atom. The molecule has 3 aliphatic rings. The van der Waals surface area contributed by atoms with Crippen molar-refractivity contribution < 1.29 is 14.4 Å². The smallest absolute Gasteiger partial charge is 0.239 e. The first-order valence-corrected chi connectivity index (χ1v) is 15.9. The zero-order chi connectivity index (χ0) is 30.9. The lowest BCUT2D eigenvalue weighted by molar-refractivity contribution is -0.130. The van der Waals surface area contributed by atoms with Gasteiger partial charge in [-0.1, -0.05) is 143 Å². The highest BCUT2D eigenvalue weighted by molar-refractivity contribution is 9.10. The first kappa shape index (κ1) is 27.7. The SMILES string of the molecule is Cc1ccc(N2C(=O)[C@@H]3[C@@H](C2=O)[C@@]2(c4ccccc4)C(=O)[C@@]3(c3ccccc3)C(c3ccccc3)=C2c2ccccc2)cc1Br. The van der Waals surface area contributed by atoms with Crippen LogP contribution in [0.5, 0.6) is 0 Å². The molecule has 2 bridgehead atoms. The minimum absolute atomic E-state index is 0.119. The van der Waals surface area contributed by atoms with Crippen LogP contribution in [0.2, 0.25) is 0 Å². The van der Waals surface area contributed by atoms with E-state index in [9.17, 15) is 0 Å². The third-order valence-electron chi connectivity index (χ3n) is 9.99. The van der Waals surface area contributed by atoms with E-state index in [0.717, 1.165) is 43.4 Å². The molecule has 0 radical (unpaired) electrons. The predicted octanol–water partition coefficient (Wildman–Crippen LogP) is 7.95. The number of aryl methyl sites for hydroxylation is 1. The number of hydrogen-bond donors (Lipinski definition) is 0. The summed E-state index contributed by atoms with van der Waals surface area (Å²) in [5, 5.41) is 0. The van der Waals surface area contributed by atoms with E-state index in [-0.39, 0.29) is 17.6 Å². The largest absolute Gasteiger partial charge is 0.297 e. The van der Waals surface area contributed by atoms with Crippen LogP contribution in [0.15, 0.2) is 144 Å². The summed E-state index contributed by atoms with van der Waals surface area (Å²) in [7, 11) is 0. The van der Waals surface area contributed by atoms with Crippen LogP contribution < -0.4 is 4.90 Å². The standard InChI is InChI=1S/C40H28BrNO3/c1-25-22-23-30(24-31(25)41)42-36(43)34-35(37(42)44)40(29-20-12-5-13-21-29)33(27-16-8-3-9-17-27)32(26-14-6-2-7-15-26)39(34,38(40)45)28-18-10-4-11-19-28/h2-24,34-35H,1H3/t34-,35-,39-,40-/m0/s1. The lowest BCUT2D eigenvalue weighted by Gasteiger charge is -2.39. The van der Waals surface area contributed by atoms with E-state index in [1.165, 1.54) is 4.90 Å². The molecule has 5 aromatic rings. The summed E-state index contributed by atoms with van der Waals surface area (Å²) in [6, 6.07) is 44.6. The summed E-state index contributed by atoms with van der Waals surface area (Å²) in [5.74, 6) is -2.70. The number of amides is 2. The number of anilines is 1. The number of Topliss-reactive ketones (excluding diaryl/α,β-unsaturated/α-hetero) is 1. The van der Waals surface area contributed by atoms with Gasteiger partial charge >= 0.3 is 0 Å². The minimum atomic E-state index is -1.41. The Labute approximate surface area is 270 Å². The fourth-order valence-electron chi connectivity index (χ4n) is 8.31. The van der Waals surface area contributed by atoms with E-state index < -0.39 is 22.7 Å². The molecule has 1 heterocycles. The minimum Gasteiger partial charge on any atom is -0.297 e. The fourth-order valence-corrected chi connectivity index (χ4v) is 8.68. The Morgan fingerprint density at radius 1 is 0.556 bits per heavy atom. The molecule has 1 saturated carbocycles. The Balaban J connectivity index is 1.55. The van der Waals surface area contributed by atoms with Gasteiger partial charge in [0.1, 0.15) is 0 Å². The van der Waals surface area contributed by atoms with Gasteiger partial charge in [-0.05, 0) is 58.0 Å². The summed E-state index contributed by atoms with van der Waals surface area (Å²) < 4.78 is 0.806. The first-order valence-electron chi connectivity index (χ1n) is 15.1. The van der Waals surface area contributed by atoms with Crippen molar-refractivity contribution in [1.29, 1.82) is 0 Å². The second kappa shape index (κ2) is 10.1. The van der Waals surface area contributed by atoms with E-state index >= 15 is 14.4 Å². The quantitative estimate of drug-likeness (QED) is 0.182. The van der Waals surface area contributed by atoms with E-state index in [0.29, 0.717) is 5.69 Å². The van der Waals surface area contributed by atoms with E-state index in [1.807, 2.05) is 146 Å². The molecule has 218 valence electrons. The number of carbonyl (C=O) groups is 3. The zero-order valence-electron chi connectivity index (χ0n) is 24.5.